The third kappa shape index (κ3) is 87.6. The summed E-state index contributed by atoms with van der Waals surface area (Å²) < 4.78 is 61.4. The number of carbonyl (C=O) groups is 3. The van der Waals surface area contributed by atoms with Crippen molar-refractivity contribution < 1.29 is 75.8 Å². The summed E-state index contributed by atoms with van der Waals surface area (Å²) in [6.45, 7) is 2.43. The molecule has 646 valence electrons. The van der Waals surface area contributed by atoms with Crippen LogP contribution in [0.4, 0.5) is 0 Å². The zero-order chi connectivity index (χ0) is 82.2. The van der Waals surface area contributed by atoms with Gasteiger partial charge in [0.15, 0.2) is 6.10 Å². The molecule has 0 aliphatic carbocycles. The van der Waals surface area contributed by atoms with Crippen molar-refractivity contribution in [2.24, 2.45) is 0 Å². The van der Waals surface area contributed by atoms with Crippen LogP contribution >= 0.6 is 15.6 Å². The molecule has 18 heteroatoms. The van der Waals surface area contributed by atoms with Crippen molar-refractivity contribution >= 4 is 33.6 Å². The topological polar surface area (TPSA) is 231 Å². The van der Waals surface area contributed by atoms with Gasteiger partial charge in [0.25, 0.3) is 0 Å². The van der Waals surface area contributed by atoms with E-state index in [-0.39, 0.29) is 19.3 Å². The van der Waals surface area contributed by atoms with Crippen molar-refractivity contribution in [1.82, 2.24) is 0 Å². The Morgan fingerprint density at radius 1 is 0.257 bits per heavy atom. The zero-order valence-electron chi connectivity index (χ0n) is 71.0. The first kappa shape index (κ1) is 108. The van der Waals surface area contributed by atoms with Crippen LogP contribution in [0.25, 0.3) is 0 Å². The molecule has 113 heavy (non-hydrogen) atoms. The van der Waals surface area contributed by atoms with Gasteiger partial charge in [-0.1, -0.05) is 351 Å². The number of carbonyl (C=O) groups excluding carboxylic acids is 3. The summed E-state index contributed by atoms with van der Waals surface area (Å²) in [6, 6.07) is 0. The highest BCUT2D eigenvalue weighted by Crippen LogP contribution is 2.45. The largest absolute Gasteiger partial charge is 0.472 e. The standard InChI is InChI=1S/C95H160O16P2/c1-4-7-10-13-16-19-22-25-28-31-34-37-39-41-42-43-44-45-46-48-50-52-54-57-60-63-66-69-72-75-78-81-93(98)105-84-90(96)85-107-112(101,102)108-86-91(97)87-109-113(103,104)110-89-92(111-95(100)83-80-77-74-71-68-65-62-59-56-51-36-33-30-27-24-21-18-15-12-9-6-3)88-106-94(99)82-79-76-73-70-67-64-61-58-55-53-49-47-40-38-35-32-29-26-23-20-17-14-11-8-5-2/h7,9-10,12,16-21,25-30,34-38,41-42,47,49,51,59,62,90-92,96-97H,4-6,8,11,13-15,22-24,31-33,39-40,43-46,48,50,52-58,60-61,63-89H2,1-3H3,(H,101,102)(H,103,104)/b10-7-,12-9-,19-16-,20-17-,21-18-,28-25-,29-26-,30-27-,37-34-,38-35-,42-41-,49-47-,51-36-,62-59-. The van der Waals surface area contributed by atoms with E-state index in [4.69, 9.17) is 32.3 Å². The Labute approximate surface area is 688 Å². The van der Waals surface area contributed by atoms with Gasteiger partial charge in [0.05, 0.1) is 26.4 Å². The second-order valence-electron chi connectivity index (χ2n) is 29.3. The number of hydrogen-bond acceptors (Lipinski definition) is 14. The van der Waals surface area contributed by atoms with E-state index in [1.165, 1.54) is 128 Å². The fraction of sp³-hybridized carbons (Fsp3) is 0.674. The quantitative estimate of drug-likeness (QED) is 0.0146. The second kappa shape index (κ2) is 86.3. The van der Waals surface area contributed by atoms with Crippen molar-refractivity contribution in [1.29, 1.82) is 0 Å². The summed E-state index contributed by atoms with van der Waals surface area (Å²) in [5.41, 5.74) is 0. The molecule has 4 N–H and O–H groups in total. The maximum Gasteiger partial charge on any atom is 0.472 e. The Morgan fingerprint density at radius 2 is 0.469 bits per heavy atom. The third-order valence-electron chi connectivity index (χ3n) is 18.4. The number of phosphoric ester groups is 2. The minimum absolute atomic E-state index is 0.0761. The minimum atomic E-state index is -4.95. The fourth-order valence-corrected chi connectivity index (χ4v) is 13.3. The third-order valence-corrected chi connectivity index (χ3v) is 20.3. The van der Waals surface area contributed by atoms with Crippen LogP contribution in [0.5, 0.6) is 0 Å². The van der Waals surface area contributed by atoms with Crippen molar-refractivity contribution in [3.05, 3.63) is 170 Å². The first-order valence-corrected chi connectivity index (χ1v) is 47.4. The van der Waals surface area contributed by atoms with Crippen molar-refractivity contribution in [3.63, 3.8) is 0 Å². The van der Waals surface area contributed by atoms with Gasteiger partial charge in [-0.2, -0.15) is 0 Å². The number of hydrogen-bond donors (Lipinski definition) is 4. The Kier molecular flexibility index (Phi) is 82.4. The average Bonchev–Trinajstić information content (AvgIpc) is 0.900. The molecule has 0 aliphatic rings. The van der Waals surface area contributed by atoms with Crippen molar-refractivity contribution in [2.75, 3.05) is 39.6 Å². The highest BCUT2D eigenvalue weighted by atomic mass is 31.2. The molecule has 0 aromatic heterocycles. The lowest BCUT2D eigenvalue weighted by atomic mass is 10.0. The van der Waals surface area contributed by atoms with E-state index < -0.39 is 91.5 Å². The lowest BCUT2D eigenvalue weighted by Gasteiger charge is -2.21. The number of aliphatic hydroxyl groups is 2. The van der Waals surface area contributed by atoms with Gasteiger partial charge in [-0.3, -0.25) is 32.5 Å². The summed E-state index contributed by atoms with van der Waals surface area (Å²) in [5, 5.41) is 20.7. The smallest absolute Gasteiger partial charge is 0.463 e. The van der Waals surface area contributed by atoms with E-state index in [1.807, 2.05) is 0 Å². The SMILES string of the molecule is CC/C=C\C/C=C\C/C=C\C/C=C\C/C=C\CCCCCCCCCCCCCCCCCC(=O)OCC(O)COP(=O)(O)OCC(O)COP(=O)(O)OCC(COC(=O)CCCCCCCCCCC/C=C\C/C=C\C/C=C\C/C=C\CCCCC)OC(=O)CCCCCCC/C=C\C/C=C\C/C=C\C/C=C\C/C=C\CC. The Hall–Kier alpha value is -5.09. The molecule has 0 bridgehead atoms. The first-order chi connectivity index (χ1) is 55.2. The molecular weight excluding hydrogens is 1460 g/mol. The number of ether oxygens (including phenoxy) is 3. The van der Waals surface area contributed by atoms with Gasteiger partial charge in [0, 0.05) is 19.3 Å². The van der Waals surface area contributed by atoms with Gasteiger partial charge in [-0.25, -0.2) is 9.13 Å². The molecule has 16 nitrogen and oxygen atoms in total. The average molecular weight is 1620 g/mol. The van der Waals surface area contributed by atoms with Crippen LogP contribution in [0.1, 0.15) is 355 Å². The Balaban J connectivity index is 4.61. The first-order valence-electron chi connectivity index (χ1n) is 44.4. The highest BCUT2D eigenvalue weighted by molar-refractivity contribution is 7.47. The van der Waals surface area contributed by atoms with Gasteiger partial charge >= 0.3 is 33.6 Å². The second-order valence-corrected chi connectivity index (χ2v) is 32.2. The van der Waals surface area contributed by atoms with Gasteiger partial charge in [0.2, 0.25) is 0 Å². The van der Waals surface area contributed by atoms with Crippen LogP contribution in [0.15, 0.2) is 170 Å². The molecule has 0 aliphatic heterocycles. The Bertz CT molecular complexity index is 2730. The maximum absolute atomic E-state index is 13.0. The number of unbranched alkanes of at least 4 members (excludes halogenated alkanes) is 32. The normalized spacial score (nSPS) is 14.6. The molecule has 5 atom stereocenters. The molecule has 0 saturated heterocycles. The summed E-state index contributed by atoms with van der Waals surface area (Å²) in [5.74, 6) is -1.60. The van der Waals surface area contributed by atoms with Crippen LogP contribution < -0.4 is 0 Å². The van der Waals surface area contributed by atoms with Gasteiger partial charge in [-0.05, 0) is 154 Å². The van der Waals surface area contributed by atoms with Crippen molar-refractivity contribution in [2.45, 2.75) is 373 Å². The highest BCUT2D eigenvalue weighted by Gasteiger charge is 2.29. The van der Waals surface area contributed by atoms with Crippen LogP contribution in [-0.4, -0.2) is 95.9 Å². The van der Waals surface area contributed by atoms with Crippen LogP contribution in [0.3, 0.4) is 0 Å². The molecule has 0 radical (unpaired) electrons. The van der Waals surface area contributed by atoms with Crippen LogP contribution in [-0.2, 0) is 55.8 Å². The van der Waals surface area contributed by atoms with Gasteiger partial charge < -0.3 is 34.2 Å². The van der Waals surface area contributed by atoms with E-state index in [1.54, 1.807) is 0 Å². The predicted molar refractivity (Wildman–Crippen MR) is 472 cm³/mol. The lowest BCUT2D eigenvalue weighted by Crippen LogP contribution is -2.30. The zero-order valence-corrected chi connectivity index (χ0v) is 72.8. The molecule has 0 saturated carbocycles. The number of phosphoric acid groups is 2. The van der Waals surface area contributed by atoms with E-state index in [0.29, 0.717) is 19.3 Å². The van der Waals surface area contributed by atoms with Crippen LogP contribution in [0, 0.1) is 0 Å². The minimum Gasteiger partial charge on any atom is -0.463 e. The summed E-state index contributed by atoms with van der Waals surface area (Å²) in [6.07, 6.45) is 111. The number of aliphatic hydroxyl groups excluding tert-OH is 2. The van der Waals surface area contributed by atoms with Gasteiger partial charge in [-0.15, -0.1) is 0 Å². The number of allylic oxidation sites excluding steroid dienone is 28. The lowest BCUT2D eigenvalue weighted by molar-refractivity contribution is -0.161. The summed E-state index contributed by atoms with van der Waals surface area (Å²) >= 11 is 0. The molecule has 0 heterocycles. The van der Waals surface area contributed by atoms with E-state index >= 15 is 0 Å². The molecule has 0 aromatic carbocycles. The summed E-state index contributed by atoms with van der Waals surface area (Å²) in [4.78, 5) is 58.9. The predicted octanol–water partition coefficient (Wildman–Crippen LogP) is 27.1. The molecular formula is C95H160O16P2. The number of esters is 3. The van der Waals surface area contributed by atoms with Crippen molar-refractivity contribution in [3.8, 4) is 0 Å². The fourth-order valence-electron chi connectivity index (χ4n) is 11.7. The van der Waals surface area contributed by atoms with E-state index in [2.05, 4.69) is 191 Å². The molecule has 0 aromatic rings. The van der Waals surface area contributed by atoms with E-state index in [0.717, 1.165) is 167 Å². The van der Waals surface area contributed by atoms with Gasteiger partial charge in [0.1, 0.15) is 25.4 Å². The van der Waals surface area contributed by atoms with Crippen LogP contribution in [0.2, 0.25) is 0 Å². The molecule has 0 fully saturated rings. The Morgan fingerprint density at radius 3 is 0.743 bits per heavy atom. The molecule has 5 unspecified atom stereocenters. The maximum atomic E-state index is 13.0. The number of rotatable bonds is 83. The molecule has 0 rings (SSSR count). The summed E-state index contributed by atoms with van der Waals surface area (Å²) in [7, 11) is -9.82. The monoisotopic (exact) mass is 1620 g/mol. The molecule has 0 spiro atoms. The molecule has 0 amide bonds. The van der Waals surface area contributed by atoms with E-state index in [9.17, 15) is 43.5 Å².